The van der Waals surface area contributed by atoms with Crippen LogP contribution in [0.2, 0.25) is 5.02 Å². The van der Waals surface area contributed by atoms with E-state index in [0.29, 0.717) is 10.6 Å². The monoisotopic (exact) mass is 353 g/mol. The highest BCUT2D eigenvalue weighted by Crippen LogP contribution is 2.23. The minimum absolute atomic E-state index is 0.147. The van der Waals surface area contributed by atoms with Crippen molar-refractivity contribution in [2.45, 2.75) is 12.6 Å². The van der Waals surface area contributed by atoms with Gasteiger partial charge in [0, 0.05) is 23.6 Å². The van der Waals surface area contributed by atoms with Crippen LogP contribution in [0, 0.1) is 0 Å². The molecule has 1 amide bonds. The average Bonchev–Trinajstić information content (AvgIpc) is 2.67. The maximum atomic E-state index is 12.6. The second kappa shape index (κ2) is 7.88. The van der Waals surface area contributed by atoms with E-state index in [1.165, 1.54) is 6.20 Å². The Kier molecular flexibility index (Phi) is 5.38. The molecule has 2 N–H and O–H groups in total. The van der Waals surface area contributed by atoms with Crippen LogP contribution in [0.1, 0.15) is 33.2 Å². The van der Waals surface area contributed by atoms with Crippen molar-refractivity contribution in [3.8, 4) is 0 Å². The highest BCUT2D eigenvalue weighted by Gasteiger charge is 2.19. The summed E-state index contributed by atoms with van der Waals surface area (Å²) in [5.74, 6) is -0.334. The molecule has 126 valence electrons. The summed E-state index contributed by atoms with van der Waals surface area (Å²) in [5.41, 5.74) is 2.60. The predicted octanol–water partition coefficient (Wildman–Crippen LogP) is 3.14. The third kappa shape index (κ3) is 4.21. The smallest absolute Gasteiger partial charge is 0.270 e. The first-order valence-corrected chi connectivity index (χ1v) is 8.07. The van der Waals surface area contributed by atoms with Crippen LogP contribution in [0.5, 0.6) is 0 Å². The van der Waals surface area contributed by atoms with E-state index in [0.717, 1.165) is 11.1 Å². The first kappa shape index (κ1) is 17.1. The number of benzene rings is 1. The molecule has 1 aromatic carbocycles. The molecular weight excluding hydrogens is 338 g/mol. The van der Waals surface area contributed by atoms with Gasteiger partial charge in [0.05, 0.1) is 12.6 Å². The minimum Gasteiger partial charge on any atom is -0.392 e. The number of aliphatic hydroxyl groups is 1. The fourth-order valence-electron chi connectivity index (χ4n) is 2.46. The molecule has 6 heteroatoms. The molecule has 0 spiro atoms. The Morgan fingerprint density at radius 2 is 1.92 bits per heavy atom. The maximum absolute atomic E-state index is 12.6. The number of hydrogen-bond acceptors (Lipinski definition) is 4. The normalized spacial score (nSPS) is 11.8. The number of aromatic nitrogens is 2. The largest absolute Gasteiger partial charge is 0.392 e. The van der Waals surface area contributed by atoms with Crippen molar-refractivity contribution >= 4 is 17.5 Å². The molecule has 3 rings (SSSR count). The summed E-state index contributed by atoms with van der Waals surface area (Å²) in [4.78, 5) is 20.8. The van der Waals surface area contributed by atoms with Crippen molar-refractivity contribution in [3.05, 3.63) is 94.5 Å². The molecule has 3 aromatic rings. The number of carbonyl (C=O) groups is 1. The number of rotatable bonds is 5. The number of nitrogens with zero attached hydrogens (tertiary/aromatic N) is 2. The van der Waals surface area contributed by atoms with Crippen LogP contribution in [-0.4, -0.2) is 21.0 Å². The van der Waals surface area contributed by atoms with Gasteiger partial charge >= 0.3 is 0 Å². The Bertz CT molecular complexity index is 854. The van der Waals surface area contributed by atoms with E-state index >= 15 is 0 Å². The average molecular weight is 354 g/mol. The number of nitrogens with one attached hydrogen (secondary N) is 1. The van der Waals surface area contributed by atoms with Gasteiger partial charge in [-0.2, -0.15) is 0 Å². The Balaban J connectivity index is 1.92. The van der Waals surface area contributed by atoms with Gasteiger partial charge < -0.3 is 10.4 Å². The molecule has 2 heterocycles. The summed E-state index contributed by atoms with van der Waals surface area (Å²) in [6, 6.07) is 13.8. The van der Waals surface area contributed by atoms with E-state index < -0.39 is 6.04 Å². The number of hydrogen-bond donors (Lipinski definition) is 2. The zero-order valence-corrected chi connectivity index (χ0v) is 14.0. The standard InChI is InChI=1S/C19H16ClN3O2/c20-16-5-3-14(4-6-16)18(15-2-1-8-21-11-15)23-19(25)17-10-13(12-24)7-9-22-17/h1-11,18,24H,12H2,(H,23,25)/t18-/m0/s1. The topological polar surface area (TPSA) is 75.1 Å². The molecule has 0 aliphatic rings. The lowest BCUT2D eigenvalue weighted by atomic mass is 10.00. The van der Waals surface area contributed by atoms with E-state index in [1.807, 2.05) is 24.3 Å². The molecule has 0 fully saturated rings. The van der Waals surface area contributed by atoms with Crippen molar-refractivity contribution in [1.82, 2.24) is 15.3 Å². The van der Waals surface area contributed by atoms with Gasteiger partial charge in [-0.05, 0) is 47.0 Å². The molecule has 0 bridgehead atoms. The molecule has 2 aromatic heterocycles. The molecule has 0 saturated carbocycles. The zero-order chi connectivity index (χ0) is 17.6. The lowest BCUT2D eigenvalue weighted by Gasteiger charge is -2.19. The van der Waals surface area contributed by atoms with Gasteiger partial charge in [-0.3, -0.25) is 14.8 Å². The Hall–Kier alpha value is -2.76. The number of carbonyl (C=O) groups excluding carboxylic acids is 1. The van der Waals surface area contributed by atoms with Crippen LogP contribution in [0.4, 0.5) is 0 Å². The first-order valence-electron chi connectivity index (χ1n) is 7.69. The second-order valence-electron chi connectivity index (χ2n) is 5.45. The summed E-state index contributed by atoms with van der Waals surface area (Å²) in [5, 5.41) is 12.8. The van der Waals surface area contributed by atoms with Gasteiger partial charge in [0.25, 0.3) is 5.91 Å². The first-order chi connectivity index (χ1) is 12.2. The van der Waals surface area contributed by atoms with Crippen molar-refractivity contribution < 1.29 is 9.90 Å². The van der Waals surface area contributed by atoms with Crippen LogP contribution in [0.15, 0.2) is 67.1 Å². The maximum Gasteiger partial charge on any atom is 0.270 e. The van der Waals surface area contributed by atoms with Crippen LogP contribution >= 0.6 is 11.6 Å². The SMILES string of the molecule is O=C(N[C@@H](c1ccc(Cl)cc1)c1cccnc1)c1cc(CO)ccn1. The molecule has 0 aliphatic carbocycles. The van der Waals surface area contributed by atoms with Crippen molar-refractivity contribution in [2.75, 3.05) is 0 Å². The minimum atomic E-state index is -0.391. The van der Waals surface area contributed by atoms with E-state index in [4.69, 9.17) is 11.6 Å². The summed E-state index contributed by atoms with van der Waals surface area (Å²) in [6.45, 7) is -0.147. The van der Waals surface area contributed by atoms with Crippen molar-refractivity contribution in [2.24, 2.45) is 0 Å². The van der Waals surface area contributed by atoms with Gasteiger partial charge in [-0.1, -0.05) is 29.8 Å². The lowest BCUT2D eigenvalue weighted by molar-refractivity contribution is 0.0937. The number of aliphatic hydroxyl groups excluding tert-OH is 1. The van der Waals surface area contributed by atoms with E-state index in [2.05, 4.69) is 15.3 Å². The van der Waals surface area contributed by atoms with E-state index in [1.54, 1.807) is 36.7 Å². The Labute approximate surface area is 150 Å². The molecular formula is C19H16ClN3O2. The molecule has 0 aliphatic heterocycles. The van der Waals surface area contributed by atoms with Crippen LogP contribution in [-0.2, 0) is 6.61 Å². The fraction of sp³-hybridized carbons (Fsp3) is 0.105. The Morgan fingerprint density at radius 1 is 1.12 bits per heavy atom. The fourth-order valence-corrected chi connectivity index (χ4v) is 2.59. The lowest BCUT2D eigenvalue weighted by Crippen LogP contribution is -2.30. The van der Waals surface area contributed by atoms with E-state index in [-0.39, 0.29) is 18.2 Å². The number of amides is 1. The third-order valence-corrected chi connectivity index (χ3v) is 3.99. The van der Waals surface area contributed by atoms with Gasteiger partial charge in [0.2, 0.25) is 0 Å². The zero-order valence-electron chi connectivity index (χ0n) is 13.3. The van der Waals surface area contributed by atoms with Crippen LogP contribution in [0.25, 0.3) is 0 Å². The number of halogens is 1. The van der Waals surface area contributed by atoms with Gasteiger partial charge in [-0.25, -0.2) is 0 Å². The van der Waals surface area contributed by atoms with Gasteiger partial charge in [-0.15, -0.1) is 0 Å². The quantitative estimate of drug-likeness (QED) is 0.739. The van der Waals surface area contributed by atoms with Gasteiger partial charge in [0.1, 0.15) is 5.69 Å². The molecule has 1 atom stereocenters. The molecule has 25 heavy (non-hydrogen) atoms. The highest BCUT2D eigenvalue weighted by molar-refractivity contribution is 6.30. The number of pyridine rings is 2. The van der Waals surface area contributed by atoms with E-state index in [9.17, 15) is 9.90 Å². The summed E-state index contributed by atoms with van der Waals surface area (Å²) < 4.78 is 0. The van der Waals surface area contributed by atoms with Crippen molar-refractivity contribution in [3.63, 3.8) is 0 Å². The molecule has 0 radical (unpaired) electrons. The van der Waals surface area contributed by atoms with Gasteiger partial charge in [0.15, 0.2) is 0 Å². The van der Waals surface area contributed by atoms with Crippen LogP contribution < -0.4 is 5.32 Å². The third-order valence-electron chi connectivity index (χ3n) is 3.74. The summed E-state index contributed by atoms with van der Waals surface area (Å²) >= 11 is 5.96. The predicted molar refractivity (Wildman–Crippen MR) is 95.2 cm³/mol. The highest BCUT2D eigenvalue weighted by atomic mass is 35.5. The van der Waals surface area contributed by atoms with Crippen molar-refractivity contribution in [1.29, 1.82) is 0 Å². The Morgan fingerprint density at radius 3 is 2.60 bits per heavy atom. The molecule has 5 nitrogen and oxygen atoms in total. The summed E-state index contributed by atoms with van der Waals surface area (Å²) in [7, 11) is 0. The second-order valence-corrected chi connectivity index (χ2v) is 5.89. The molecule has 0 saturated heterocycles. The van der Waals surface area contributed by atoms with Crippen LogP contribution in [0.3, 0.4) is 0 Å². The molecule has 0 unspecified atom stereocenters. The summed E-state index contributed by atoms with van der Waals surface area (Å²) in [6.07, 6.45) is 4.88.